The van der Waals surface area contributed by atoms with Gasteiger partial charge in [0.2, 0.25) is 11.8 Å². The lowest BCUT2D eigenvalue weighted by molar-refractivity contribution is -0.129. The highest BCUT2D eigenvalue weighted by Gasteiger charge is 2.34. The van der Waals surface area contributed by atoms with Gasteiger partial charge in [0.25, 0.3) is 0 Å². The maximum atomic E-state index is 12.6. The van der Waals surface area contributed by atoms with Crippen molar-refractivity contribution in [2.75, 3.05) is 6.54 Å². The van der Waals surface area contributed by atoms with Gasteiger partial charge in [0.1, 0.15) is 6.33 Å². The minimum Gasteiger partial charge on any atom is -0.348 e. The molecule has 0 aliphatic carbocycles. The van der Waals surface area contributed by atoms with Crippen LogP contribution in [-0.2, 0) is 22.7 Å². The Morgan fingerprint density at radius 3 is 2.66 bits per heavy atom. The van der Waals surface area contributed by atoms with Gasteiger partial charge < -0.3 is 10.2 Å². The van der Waals surface area contributed by atoms with Gasteiger partial charge in [-0.1, -0.05) is 48.0 Å². The summed E-state index contributed by atoms with van der Waals surface area (Å²) in [5, 5.41) is 11.0. The maximum absolute atomic E-state index is 12.6. The summed E-state index contributed by atoms with van der Waals surface area (Å²) < 4.78 is 1.84. The molecule has 7 nitrogen and oxygen atoms in total. The largest absolute Gasteiger partial charge is 0.348 e. The first-order valence-electron chi connectivity index (χ1n) is 9.65. The zero-order valence-electron chi connectivity index (χ0n) is 16.3. The van der Waals surface area contributed by atoms with E-state index in [0.717, 1.165) is 11.3 Å². The van der Waals surface area contributed by atoms with E-state index in [1.165, 1.54) is 5.56 Å². The standard InChI is InChI=1S/C22H23N5O2/c1-16-7-9-17(10-8-16)13-26-14-18(11-21(26)28)22(29)23-12-20-25-24-15-27(20)19-5-3-2-4-6-19/h2-10,15,18H,11-14H2,1H3,(H,23,29). The molecule has 1 fully saturated rings. The van der Waals surface area contributed by atoms with Gasteiger partial charge in [0.15, 0.2) is 5.82 Å². The molecular weight excluding hydrogens is 366 g/mol. The van der Waals surface area contributed by atoms with E-state index in [1.54, 1.807) is 11.2 Å². The monoisotopic (exact) mass is 389 g/mol. The zero-order chi connectivity index (χ0) is 20.2. The normalized spacial score (nSPS) is 16.2. The van der Waals surface area contributed by atoms with Crippen LogP contribution in [0.4, 0.5) is 0 Å². The van der Waals surface area contributed by atoms with Crippen molar-refractivity contribution in [1.29, 1.82) is 0 Å². The van der Waals surface area contributed by atoms with Gasteiger partial charge in [-0.25, -0.2) is 0 Å². The third-order valence-electron chi connectivity index (χ3n) is 5.15. The lowest BCUT2D eigenvalue weighted by Gasteiger charge is -2.17. The fraction of sp³-hybridized carbons (Fsp3) is 0.273. The lowest BCUT2D eigenvalue weighted by atomic mass is 10.1. The zero-order valence-corrected chi connectivity index (χ0v) is 16.3. The minimum absolute atomic E-state index is 0.0122. The Morgan fingerprint density at radius 1 is 1.14 bits per heavy atom. The van der Waals surface area contributed by atoms with E-state index in [4.69, 9.17) is 0 Å². The average Bonchev–Trinajstić information content (AvgIpc) is 3.35. The number of hydrogen-bond acceptors (Lipinski definition) is 4. The molecule has 29 heavy (non-hydrogen) atoms. The fourth-order valence-electron chi connectivity index (χ4n) is 3.51. The summed E-state index contributed by atoms with van der Waals surface area (Å²) in [5.41, 5.74) is 3.19. The molecule has 1 aromatic heterocycles. The van der Waals surface area contributed by atoms with Gasteiger partial charge in [0, 0.05) is 25.2 Å². The highest BCUT2D eigenvalue weighted by molar-refractivity contribution is 5.89. The van der Waals surface area contributed by atoms with Crippen molar-refractivity contribution in [2.24, 2.45) is 5.92 Å². The molecule has 0 spiro atoms. The van der Waals surface area contributed by atoms with Crippen LogP contribution < -0.4 is 5.32 Å². The van der Waals surface area contributed by atoms with Crippen molar-refractivity contribution < 1.29 is 9.59 Å². The summed E-state index contributed by atoms with van der Waals surface area (Å²) in [6.45, 7) is 3.26. The first-order valence-corrected chi connectivity index (χ1v) is 9.65. The molecule has 7 heteroatoms. The van der Waals surface area contributed by atoms with Gasteiger partial charge in [-0.15, -0.1) is 10.2 Å². The lowest BCUT2D eigenvalue weighted by Crippen LogP contribution is -2.33. The summed E-state index contributed by atoms with van der Waals surface area (Å²) in [5.74, 6) is 0.178. The van der Waals surface area contributed by atoms with Gasteiger partial charge >= 0.3 is 0 Å². The van der Waals surface area contributed by atoms with Crippen LogP contribution in [-0.4, -0.2) is 38.0 Å². The van der Waals surface area contributed by atoms with Crippen LogP contribution in [0.3, 0.4) is 0 Å². The minimum atomic E-state index is -0.346. The van der Waals surface area contributed by atoms with Crippen LogP contribution >= 0.6 is 0 Å². The van der Waals surface area contributed by atoms with Gasteiger partial charge in [0.05, 0.1) is 12.5 Å². The highest BCUT2D eigenvalue weighted by Crippen LogP contribution is 2.21. The Kier molecular flexibility index (Phi) is 5.37. The summed E-state index contributed by atoms with van der Waals surface area (Å²) in [4.78, 5) is 26.7. The Balaban J connectivity index is 1.35. The van der Waals surface area contributed by atoms with E-state index in [1.807, 2.05) is 66.1 Å². The third kappa shape index (κ3) is 4.34. The summed E-state index contributed by atoms with van der Waals surface area (Å²) >= 11 is 0. The predicted octanol–water partition coefficient (Wildman–Crippen LogP) is 2.24. The van der Waals surface area contributed by atoms with Crippen LogP contribution in [0.2, 0.25) is 0 Å². The maximum Gasteiger partial charge on any atom is 0.225 e. The number of aromatic nitrogens is 3. The second kappa shape index (κ2) is 8.26. The molecule has 1 saturated heterocycles. The number of aryl methyl sites for hydroxylation is 1. The average molecular weight is 389 g/mol. The molecular formula is C22H23N5O2. The first-order chi connectivity index (χ1) is 14.1. The van der Waals surface area contributed by atoms with Crippen LogP contribution in [0.1, 0.15) is 23.4 Å². The van der Waals surface area contributed by atoms with Crippen LogP contribution in [0.15, 0.2) is 60.9 Å². The number of hydrogen-bond donors (Lipinski definition) is 1. The highest BCUT2D eigenvalue weighted by atomic mass is 16.2. The molecule has 1 unspecified atom stereocenters. The number of nitrogens with one attached hydrogen (secondary N) is 1. The molecule has 2 heterocycles. The van der Waals surface area contributed by atoms with Gasteiger partial charge in [-0.3, -0.25) is 14.2 Å². The van der Waals surface area contributed by atoms with Crippen LogP contribution in [0.5, 0.6) is 0 Å². The van der Waals surface area contributed by atoms with Crippen molar-refractivity contribution in [3.05, 3.63) is 77.9 Å². The molecule has 148 valence electrons. The van der Waals surface area contributed by atoms with Crippen LogP contribution in [0, 0.1) is 12.8 Å². The summed E-state index contributed by atoms with van der Waals surface area (Å²) in [6.07, 6.45) is 1.86. The Morgan fingerprint density at radius 2 is 1.90 bits per heavy atom. The number of carbonyl (C=O) groups excluding carboxylic acids is 2. The van der Waals surface area contributed by atoms with Crippen molar-refractivity contribution >= 4 is 11.8 Å². The fourth-order valence-corrected chi connectivity index (χ4v) is 3.51. The first kappa shape index (κ1) is 18.9. The van der Waals surface area contributed by atoms with E-state index < -0.39 is 0 Å². The number of carbonyl (C=O) groups is 2. The number of likely N-dealkylation sites (tertiary alicyclic amines) is 1. The van der Waals surface area contributed by atoms with Crippen LogP contribution in [0.25, 0.3) is 5.69 Å². The van der Waals surface area contributed by atoms with Crippen molar-refractivity contribution in [3.63, 3.8) is 0 Å². The van der Waals surface area contributed by atoms with Crippen molar-refractivity contribution in [1.82, 2.24) is 25.0 Å². The molecule has 1 atom stereocenters. The predicted molar refractivity (Wildman–Crippen MR) is 108 cm³/mol. The molecule has 1 N–H and O–H groups in total. The topological polar surface area (TPSA) is 80.1 Å². The van der Waals surface area contributed by atoms with Gasteiger partial charge in [-0.05, 0) is 24.6 Å². The van der Waals surface area contributed by atoms with Crippen molar-refractivity contribution in [2.45, 2.75) is 26.4 Å². The number of nitrogens with zero attached hydrogens (tertiary/aromatic N) is 4. The number of rotatable bonds is 6. The quantitative estimate of drug-likeness (QED) is 0.701. The van der Waals surface area contributed by atoms with Gasteiger partial charge in [-0.2, -0.15) is 0 Å². The molecule has 2 aromatic carbocycles. The second-order valence-corrected chi connectivity index (χ2v) is 7.33. The van der Waals surface area contributed by atoms with E-state index in [-0.39, 0.29) is 30.7 Å². The molecule has 3 aromatic rings. The number of para-hydroxylation sites is 1. The van der Waals surface area contributed by atoms with E-state index >= 15 is 0 Å². The van der Waals surface area contributed by atoms with E-state index in [9.17, 15) is 9.59 Å². The molecule has 1 aliphatic rings. The smallest absolute Gasteiger partial charge is 0.225 e. The molecule has 0 bridgehead atoms. The third-order valence-corrected chi connectivity index (χ3v) is 5.15. The molecule has 1 aliphatic heterocycles. The second-order valence-electron chi connectivity index (χ2n) is 7.33. The molecule has 2 amide bonds. The Hall–Kier alpha value is -3.48. The van der Waals surface area contributed by atoms with Crippen molar-refractivity contribution in [3.8, 4) is 5.69 Å². The van der Waals surface area contributed by atoms with E-state index in [2.05, 4.69) is 15.5 Å². The number of benzene rings is 2. The molecule has 0 radical (unpaired) electrons. The summed E-state index contributed by atoms with van der Waals surface area (Å²) in [6, 6.07) is 17.8. The van der Waals surface area contributed by atoms with E-state index in [0.29, 0.717) is 18.9 Å². The number of amides is 2. The Bertz CT molecular complexity index is 998. The molecule has 0 saturated carbocycles. The SMILES string of the molecule is Cc1ccc(CN2CC(C(=O)NCc3nncn3-c3ccccc3)CC2=O)cc1. The Labute approximate surface area is 169 Å². The summed E-state index contributed by atoms with van der Waals surface area (Å²) in [7, 11) is 0. The molecule has 4 rings (SSSR count).